The molecule has 0 aliphatic carbocycles. The van der Waals surface area contributed by atoms with Crippen LogP contribution in [-0.4, -0.2) is 62.3 Å². The zero-order chi connectivity index (χ0) is 27.0. The number of oxime groups is 4. The number of carbonyl (C=O) groups excluding carboxylic acids is 2. The monoisotopic (exact) mass is 516 g/mol. The minimum Gasteiger partial charge on any atom is -0.396 e. The number of hydrogen-bond acceptors (Lipinski definition) is 10. The van der Waals surface area contributed by atoms with E-state index in [0.29, 0.717) is 32.1 Å². The molecule has 0 aliphatic heterocycles. The Morgan fingerprint density at radius 3 is 1.43 bits per heavy atom. The average molecular weight is 517 g/mol. The number of unbranched alkanes of at least 4 members (excludes halogenated alkanes) is 6. The van der Waals surface area contributed by atoms with Crippen LogP contribution in [0.25, 0.3) is 0 Å². The highest BCUT2D eigenvalue weighted by Gasteiger charge is 1.98. The largest absolute Gasteiger partial charge is 0.396 e. The average Bonchev–Trinajstić information content (AvgIpc) is 2.88. The van der Waals surface area contributed by atoms with Gasteiger partial charge >= 0.3 is 0 Å². The molecule has 0 saturated heterocycles. The second kappa shape index (κ2) is 21.7. The Labute approximate surface area is 219 Å². The van der Waals surface area contributed by atoms with Gasteiger partial charge in [0.05, 0.1) is 12.4 Å². The van der Waals surface area contributed by atoms with Gasteiger partial charge in [-0.05, 0) is 69.4 Å². The van der Waals surface area contributed by atoms with Crippen molar-refractivity contribution in [1.82, 2.24) is 0 Å². The lowest BCUT2D eigenvalue weighted by Crippen LogP contribution is -2.05. The number of benzene rings is 1. The lowest BCUT2D eigenvalue weighted by Gasteiger charge is -2.02. The Morgan fingerprint density at radius 2 is 1.03 bits per heavy atom. The maximum Gasteiger partial charge on any atom is 0.177 e. The molecule has 37 heavy (non-hydrogen) atoms. The Kier molecular flexibility index (Phi) is 18.5. The highest BCUT2D eigenvalue weighted by molar-refractivity contribution is 6.37. The first-order valence-corrected chi connectivity index (χ1v) is 12.7. The molecular formula is C27H40N4O6. The molecule has 0 unspecified atom stereocenters. The summed E-state index contributed by atoms with van der Waals surface area (Å²) >= 11 is 0. The third kappa shape index (κ3) is 19.3. The standard InChI is InChI=1S/C27H40N4O6/c1-23(32)20-28-34-16-8-4-5-9-17-35-29-21-26-12-14-27(15-13-26)22-30-36-18-10-6-7-11-19-37-31-24(2)25(3)33/h12-15,20-22H,4-11,16-19H2,1-3H3/b28-20-,29-21-,30-22-,31-24-. The van der Waals surface area contributed by atoms with E-state index in [1.54, 1.807) is 19.4 Å². The van der Waals surface area contributed by atoms with Gasteiger partial charge in [-0.2, -0.15) is 0 Å². The van der Waals surface area contributed by atoms with E-state index in [4.69, 9.17) is 19.4 Å². The first-order chi connectivity index (χ1) is 18.0. The molecule has 0 bridgehead atoms. The summed E-state index contributed by atoms with van der Waals surface area (Å²) in [6.07, 6.45) is 12.2. The van der Waals surface area contributed by atoms with Crippen LogP contribution in [0.5, 0.6) is 0 Å². The van der Waals surface area contributed by atoms with Gasteiger partial charge in [0.1, 0.15) is 38.4 Å². The second-order valence-corrected chi connectivity index (χ2v) is 8.38. The van der Waals surface area contributed by atoms with Crippen molar-refractivity contribution in [3.63, 3.8) is 0 Å². The molecule has 0 N–H and O–H groups in total. The molecule has 1 rings (SSSR count). The van der Waals surface area contributed by atoms with Crippen LogP contribution in [0.1, 0.15) is 83.3 Å². The summed E-state index contributed by atoms with van der Waals surface area (Å²) in [7, 11) is 0. The smallest absolute Gasteiger partial charge is 0.177 e. The molecular weight excluding hydrogens is 476 g/mol. The van der Waals surface area contributed by atoms with Crippen molar-refractivity contribution in [2.75, 3.05) is 26.4 Å². The molecule has 0 heterocycles. The van der Waals surface area contributed by atoms with E-state index in [1.807, 2.05) is 24.3 Å². The van der Waals surface area contributed by atoms with Crippen LogP contribution in [0.15, 0.2) is 44.9 Å². The summed E-state index contributed by atoms with van der Waals surface area (Å²) in [5.74, 6) is -0.204. The molecule has 0 amide bonds. The van der Waals surface area contributed by atoms with Gasteiger partial charge in [0.25, 0.3) is 0 Å². The summed E-state index contributed by atoms with van der Waals surface area (Å²) in [6, 6.07) is 7.75. The van der Waals surface area contributed by atoms with Gasteiger partial charge in [-0.25, -0.2) is 0 Å². The lowest BCUT2D eigenvalue weighted by molar-refractivity contribution is -0.111. The third-order valence-corrected chi connectivity index (χ3v) is 4.95. The zero-order valence-corrected chi connectivity index (χ0v) is 22.3. The molecule has 0 aromatic heterocycles. The van der Waals surface area contributed by atoms with Crippen LogP contribution in [0.4, 0.5) is 0 Å². The van der Waals surface area contributed by atoms with Crippen LogP contribution in [0, 0.1) is 0 Å². The Morgan fingerprint density at radius 1 is 0.622 bits per heavy atom. The molecule has 0 radical (unpaired) electrons. The summed E-state index contributed by atoms with van der Waals surface area (Å²) < 4.78 is 0. The Balaban J connectivity index is 2.02. The van der Waals surface area contributed by atoms with Gasteiger partial charge in [-0.15, -0.1) is 0 Å². The Hall–Kier alpha value is -3.56. The number of Topliss-reactive ketones (excluding diaryl/α,β-unsaturated/α-hetero) is 2. The fourth-order valence-electron chi connectivity index (χ4n) is 2.71. The molecule has 0 atom stereocenters. The van der Waals surface area contributed by atoms with Crippen LogP contribution in [-0.2, 0) is 28.9 Å². The second-order valence-electron chi connectivity index (χ2n) is 8.38. The highest BCUT2D eigenvalue weighted by Crippen LogP contribution is 2.04. The Bertz CT molecular complexity index is 881. The molecule has 10 heteroatoms. The molecule has 0 aliphatic rings. The van der Waals surface area contributed by atoms with E-state index in [-0.39, 0.29) is 11.6 Å². The number of hydrogen-bond donors (Lipinski definition) is 0. The topological polar surface area (TPSA) is 120 Å². The van der Waals surface area contributed by atoms with Gasteiger partial charge in [0.15, 0.2) is 11.6 Å². The molecule has 0 fully saturated rings. The molecule has 10 nitrogen and oxygen atoms in total. The van der Waals surface area contributed by atoms with Crippen LogP contribution < -0.4 is 0 Å². The molecule has 204 valence electrons. The first kappa shape index (κ1) is 31.5. The predicted octanol–water partition coefficient (Wildman–Crippen LogP) is 5.08. The molecule has 1 aromatic rings. The van der Waals surface area contributed by atoms with Crippen molar-refractivity contribution in [3.8, 4) is 0 Å². The number of carbonyl (C=O) groups is 2. The summed E-state index contributed by atoms with van der Waals surface area (Å²) in [4.78, 5) is 42.4. The minimum atomic E-state index is -0.125. The minimum absolute atomic E-state index is 0.0787. The van der Waals surface area contributed by atoms with Crippen LogP contribution in [0.3, 0.4) is 0 Å². The molecule has 0 saturated carbocycles. The van der Waals surface area contributed by atoms with E-state index in [0.717, 1.165) is 62.5 Å². The third-order valence-electron chi connectivity index (χ3n) is 4.95. The van der Waals surface area contributed by atoms with E-state index < -0.39 is 0 Å². The van der Waals surface area contributed by atoms with Crippen molar-refractivity contribution < 1.29 is 28.9 Å². The van der Waals surface area contributed by atoms with Gasteiger partial charge < -0.3 is 19.4 Å². The summed E-state index contributed by atoms with van der Waals surface area (Å²) in [5, 5.41) is 15.3. The van der Waals surface area contributed by atoms with Crippen molar-refractivity contribution in [1.29, 1.82) is 0 Å². The first-order valence-electron chi connectivity index (χ1n) is 12.7. The maximum atomic E-state index is 11.0. The normalized spacial score (nSPS) is 11.9. The van der Waals surface area contributed by atoms with Gasteiger partial charge in [-0.1, -0.05) is 44.9 Å². The number of ketones is 2. The van der Waals surface area contributed by atoms with Gasteiger partial charge in [0, 0.05) is 13.8 Å². The molecule has 1 aromatic carbocycles. The van der Waals surface area contributed by atoms with Crippen molar-refractivity contribution in [2.24, 2.45) is 20.6 Å². The predicted molar refractivity (Wildman–Crippen MR) is 145 cm³/mol. The van der Waals surface area contributed by atoms with E-state index in [9.17, 15) is 9.59 Å². The van der Waals surface area contributed by atoms with Crippen LogP contribution >= 0.6 is 0 Å². The molecule has 0 spiro atoms. The quantitative estimate of drug-likeness (QED) is 0.120. The highest BCUT2D eigenvalue weighted by atomic mass is 16.6. The SMILES string of the molecule is CC(=O)/C=N\OCCCCCCO/N=C\c1ccc(/C=N\OCCCCCCO/N=C(/C)C(C)=O)cc1. The summed E-state index contributed by atoms with van der Waals surface area (Å²) in [6.45, 7) is 6.68. The van der Waals surface area contributed by atoms with E-state index in [1.165, 1.54) is 20.1 Å². The van der Waals surface area contributed by atoms with Crippen LogP contribution in [0.2, 0.25) is 0 Å². The zero-order valence-electron chi connectivity index (χ0n) is 22.3. The fraction of sp³-hybridized carbons (Fsp3) is 0.556. The number of rotatable bonds is 22. The van der Waals surface area contributed by atoms with Gasteiger partial charge in [-0.3, -0.25) is 9.59 Å². The fourth-order valence-corrected chi connectivity index (χ4v) is 2.71. The van der Waals surface area contributed by atoms with Crippen molar-refractivity contribution in [3.05, 3.63) is 35.4 Å². The summed E-state index contributed by atoms with van der Waals surface area (Å²) in [5.41, 5.74) is 2.26. The van der Waals surface area contributed by atoms with E-state index in [2.05, 4.69) is 20.6 Å². The maximum absolute atomic E-state index is 11.0. The van der Waals surface area contributed by atoms with Crippen molar-refractivity contribution in [2.45, 2.75) is 72.1 Å². The lowest BCUT2D eigenvalue weighted by atomic mass is 10.2. The van der Waals surface area contributed by atoms with Gasteiger partial charge in [0.2, 0.25) is 0 Å². The van der Waals surface area contributed by atoms with Crippen molar-refractivity contribution >= 4 is 35.9 Å². The van der Waals surface area contributed by atoms with E-state index >= 15 is 0 Å². The number of nitrogens with zero attached hydrogens (tertiary/aromatic N) is 4.